The van der Waals surface area contributed by atoms with Gasteiger partial charge in [0.1, 0.15) is 11.6 Å². The number of rotatable bonds is 3. The van der Waals surface area contributed by atoms with Crippen LogP contribution in [0.5, 0.6) is 5.75 Å². The molecule has 0 spiro atoms. The third-order valence-corrected chi connectivity index (χ3v) is 2.76. The molecule has 0 N–H and O–H groups in total. The fourth-order valence-corrected chi connectivity index (χ4v) is 2.03. The minimum Gasteiger partial charge on any atom is -0.494 e. The van der Waals surface area contributed by atoms with Crippen LogP contribution in [0.4, 0.5) is 5.82 Å². The fraction of sp³-hybridized carbons (Fsp3) is 0.455. The zero-order valence-electron chi connectivity index (χ0n) is 9.09. The molecule has 86 valence electrons. The van der Waals surface area contributed by atoms with Gasteiger partial charge in [0, 0.05) is 30.5 Å². The third kappa shape index (κ3) is 2.29. The van der Waals surface area contributed by atoms with Crippen molar-refractivity contribution >= 4 is 24.4 Å². The zero-order valence-corrected chi connectivity index (χ0v) is 9.98. The Labute approximate surface area is 100 Å². The molecule has 2 rings (SSSR count). The van der Waals surface area contributed by atoms with Crippen LogP contribution in [0.1, 0.15) is 13.3 Å². The number of ether oxygens (including phenoxy) is 1. The first-order chi connectivity index (χ1) is 7.70. The normalized spacial score (nSPS) is 20.2. The molecule has 0 radical (unpaired) electrons. The number of nitrogens with zero attached hydrogens (tertiary/aromatic N) is 2. The Balaban J connectivity index is 2.20. The molecule has 1 aliphatic heterocycles. The lowest BCUT2D eigenvalue weighted by atomic mass is 10.4. The number of pyridine rings is 1. The Bertz CT molecular complexity index is 397. The topological polar surface area (TPSA) is 42.4 Å². The first-order valence-electron chi connectivity index (χ1n) is 5.28. The number of hydrogen-bond donors (Lipinski definition) is 1. The van der Waals surface area contributed by atoms with Gasteiger partial charge in [0.15, 0.2) is 0 Å². The van der Waals surface area contributed by atoms with Crippen LogP contribution in [0.2, 0.25) is 0 Å². The van der Waals surface area contributed by atoms with Crippen LogP contribution in [-0.4, -0.2) is 29.3 Å². The van der Waals surface area contributed by atoms with E-state index >= 15 is 0 Å². The Kier molecular flexibility index (Phi) is 3.33. The molecule has 1 aromatic rings. The number of carbonyl (C=O) groups excluding carboxylic acids is 1. The summed E-state index contributed by atoms with van der Waals surface area (Å²) in [4.78, 5) is 17.5. The van der Waals surface area contributed by atoms with Crippen LogP contribution in [0.3, 0.4) is 0 Å². The van der Waals surface area contributed by atoms with Crippen molar-refractivity contribution < 1.29 is 9.53 Å². The van der Waals surface area contributed by atoms with Gasteiger partial charge in [0.25, 0.3) is 0 Å². The summed E-state index contributed by atoms with van der Waals surface area (Å²) < 4.78 is 5.37. The SMILES string of the molecule is CCOc1ccnc(N2CC(S)CC2=O)c1. The van der Waals surface area contributed by atoms with Gasteiger partial charge in [0.2, 0.25) is 5.91 Å². The van der Waals surface area contributed by atoms with Gasteiger partial charge >= 0.3 is 0 Å². The smallest absolute Gasteiger partial charge is 0.229 e. The molecule has 1 unspecified atom stereocenters. The maximum atomic E-state index is 11.7. The molecule has 5 heteroatoms. The van der Waals surface area contributed by atoms with Crippen molar-refractivity contribution in [3.05, 3.63) is 18.3 Å². The third-order valence-electron chi connectivity index (χ3n) is 2.41. The van der Waals surface area contributed by atoms with E-state index in [4.69, 9.17) is 4.74 Å². The van der Waals surface area contributed by atoms with E-state index in [1.165, 1.54) is 0 Å². The minimum absolute atomic E-state index is 0.0705. The summed E-state index contributed by atoms with van der Waals surface area (Å²) in [7, 11) is 0. The lowest BCUT2D eigenvalue weighted by Crippen LogP contribution is -2.25. The monoisotopic (exact) mass is 238 g/mol. The average Bonchev–Trinajstić information content (AvgIpc) is 2.59. The summed E-state index contributed by atoms with van der Waals surface area (Å²) in [6.07, 6.45) is 2.13. The van der Waals surface area contributed by atoms with Crippen LogP contribution in [0.25, 0.3) is 0 Å². The van der Waals surface area contributed by atoms with E-state index in [0.717, 1.165) is 5.75 Å². The van der Waals surface area contributed by atoms with Gasteiger partial charge in [-0.2, -0.15) is 12.6 Å². The van der Waals surface area contributed by atoms with Gasteiger partial charge in [-0.1, -0.05) is 0 Å². The standard InChI is InChI=1S/C11H14N2O2S/c1-2-15-8-3-4-12-10(5-8)13-7-9(16)6-11(13)14/h3-5,9,16H,2,6-7H2,1H3. The molecule has 1 amide bonds. The van der Waals surface area contributed by atoms with E-state index < -0.39 is 0 Å². The fourth-order valence-electron chi connectivity index (χ4n) is 1.71. The van der Waals surface area contributed by atoms with Gasteiger partial charge in [-0.15, -0.1) is 0 Å². The molecule has 2 heterocycles. The molecule has 0 saturated carbocycles. The summed E-state index contributed by atoms with van der Waals surface area (Å²) in [5, 5.41) is 0.102. The van der Waals surface area contributed by atoms with Gasteiger partial charge in [-0.25, -0.2) is 4.98 Å². The van der Waals surface area contributed by atoms with Crippen LogP contribution in [0.15, 0.2) is 18.3 Å². The van der Waals surface area contributed by atoms with Crippen molar-refractivity contribution in [2.75, 3.05) is 18.1 Å². The molecule has 0 bridgehead atoms. The Hall–Kier alpha value is -1.23. The average molecular weight is 238 g/mol. The number of aromatic nitrogens is 1. The maximum Gasteiger partial charge on any atom is 0.229 e. The van der Waals surface area contributed by atoms with Crippen LogP contribution in [-0.2, 0) is 4.79 Å². The summed E-state index contributed by atoms with van der Waals surface area (Å²) in [6, 6.07) is 3.57. The highest BCUT2D eigenvalue weighted by Gasteiger charge is 2.29. The molecule has 0 aliphatic carbocycles. The highest BCUT2D eigenvalue weighted by molar-refractivity contribution is 7.81. The maximum absolute atomic E-state index is 11.7. The first-order valence-corrected chi connectivity index (χ1v) is 5.79. The van der Waals surface area contributed by atoms with Crippen molar-refractivity contribution in [2.24, 2.45) is 0 Å². The number of hydrogen-bond acceptors (Lipinski definition) is 4. The second-order valence-corrected chi connectivity index (χ2v) is 4.38. The van der Waals surface area contributed by atoms with Gasteiger partial charge < -0.3 is 4.74 Å². The molecule has 16 heavy (non-hydrogen) atoms. The predicted molar refractivity (Wildman–Crippen MR) is 65.2 cm³/mol. The van der Waals surface area contributed by atoms with Crippen LogP contribution >= 0.6 is 12.6 Å². The largest absolute Gasteiger partial charge is 0.494 e. The number of carbonyl (C=O) groups is 1. The molecule has 1 aromatic heterocycles. The Morgan fingerprint density at radius 2 is 2.50 bits per heavy atom. The zero-order chi connectivity index (χ0) is 11.5. The van der Waals surface area contributed by atoms with Crippen molar-refractivity contribution in [3.8, 4) is 5.75 Å². The molecular weight excluding hydrogens is 224 g/mol. The van der Waals surface area contributed by atoms with Crippen LogP contribution < -0.4 is 9.64 Å². The van der Waals surface area contributed by atoms with Gasteiger partial charge in [-0.05, 0) is 13.0 Å². The summed E-state index contributed by atoms with van der Waals surface area (Å²) >= 11 is 4.31. The summed E-state index contributed by atoms with van der Waals surface area (Å²) in [5.74, 6) is 1.46. The van der Waals surface area contributed by atoms with Crippen molar-refractivity contribution in [1.29, 1.82) is 0 Å². The first kappa shape index (κ1) is 11.3. The van der Waals surface area contributed by atoms with Gasteiger partial charge in [0.05, 0.1) is 6.61 Å². The van der Waals surface area contributed by atoms with E-state index in [1.54, 1.807) is 23.2 Å². The Morgan fingerprint density at radius 3 is 3.12 bits per heavy atom. The summed E-state index contributed by atoms with van der Waals surface area (Å²) in [6.45, 7) is 3.14. The van der Waals surface area contributed by atoms with E-state index in [-0.39, 0.29) is 11.2 Å². The second kappa shape index (κ2) is 4.74. The molecule has 0 aromatic carbocycles. The molecular formula is C11H14N2O2S. The second-order valence-electron chi connectivity index (χ2n) is 3.65. The van der Waals surface area contributed by atoms with Crippen molar-refractivity contribution in [2.45, 2.75) is 18.6 Å². The molecule has 1 saturated heterocycles. The lowest BCUT2D eigenvalue weighted by Gasteiger charge is -2.15. The van der Waals surface area contributed by atoms with E-state index in [9.17, 15) is 4.79 Å². The van der Waals surface area contributed by atoms with E-state index in [2.05, 4.69) is 17.6 Å². The number of thiol groups is 1. The van der Waals surface area contributed by atoms with Gasteiger partial charge in [-0.3, -0.25) is 9.69 Å². The van der Waals surface area contributed by atoms with Crippen molar-refractivity contribution in [3.63, 3.8) is 0 Å². The minimum atomic E-state index is 0.0705. The quantitative estimate of drug-likeness (QED) is 0.812. The molecule has 4 nitrogen and oxygen atoms in total. The molecule has 1 fully saturated rings. The Morgan fingerprint density at radius 1 is 1.69 bits per heavy atom. The summed E-state index contributed by atoms with van der Waals surface area (Å²) in [5.41, 5.74) is 0. The van der Waals surface area contributed by atoms with E-state index in [0.29, 0.717) is 25.4 Å². The predicted octanol–water partition coefficient (Wildman–Crippen LogP) is 1.52. The molecule has 1 aliphatic rings. The highest BCUT2D eigenvalue weighted by Crippen LogP contribution is 2.24. The molecule has 1 atom stereocenters. The number of amides is 1. The number of anilines is 1. The highest BCUT2D eigenvalue weighted by atomic mass is 32.1. The van der Waals surface area contributed by atoms with Crippen molar-refractivity contribution in [1.82, 2.24) is 4.98 Å². The lowest BCUT2D eigenvalue weighted by molar-refractivity contribution is -0.117. The van der Waals surface area contributed by atoms with Crippen LogP contribution in [0, 0.1) is 0 Å². The van der Waals surface area contributed by atoms with E-state index in [1.807, 2.05) is 6.92 Å².